The van der Waals surface area contributed by atoms with Crippen LogP contribution in [0.5, 0.6) is 0 Å². The fourth-order valence-electron chi connectivity index (χ4n) is 1.50. The highest BCUT2D eigenvalue weighted by Crippen LogP contribution is 2.40. The number of allylic oxidation sites excluding steroid dienone is 2. The second-order valence-electron chi connectivity index (χ2n) is 3.95. The van der Waals surface area contributed by atoms with Crippen molar-refractivity contribution in [3.05, 3.63) is 11.3 Å². The highest BCUT2D eigenvalue weighted by Gasteiger charge is 2.17. The summed E-state index contributed by atoms with van der Waals surface area (Å²) in [6.07, 6.45) is 5.92. The van der Waals surface area contributed by atoms with E-state index in [4.69, 9.17) is 9.79 Å². The summed E-state index contributed by atoms with van der Waals surface area (Å²) in [7, 11) is -4.40. The van der Waals surface area contributed by atoms with E-state index >= 15 is 0 Å². The maximum Gasteiger partial charge on any atom is 0.524 e. The normalized spacial score (nSPS) is 11.3. The van der Waals surface area contributed by atoms with Gasteiger partial charge in [0.1, 0.15) is 5.76 Å². The van der Waals surface area contributed by atoms with Crippen LogP contribution in [-0.2, 0) is 9.09 Å². The van der Waals surface area contributed by atoms with Crippen molar-refractivity contribution in [2.45, 2.75) is 59.3 Å². The predicted molar refractivity (Wildman–Crippen MR) is 64.9 cm³/mol. The lowest BCUT2D eigenvalue weighted by molar-refractivity contribution is 0.240. The van der Waals surface area contributed by atoms with Gasteiger partial charge in [-0.2, -0.15) is 0 Å². The fraction of sp³-hybridized carbons (Fsp3) is 0.818. The van der Waals surface area contributed by atoms with Crippen molar-refractivity contribution >= 4 is 7.82 Å². The van der Waals surface area contributed by atoms with Crippen LogP contribution in [0.1, 0.15) is 59.3 Å². The highest BCUT2D eigenvalue weighted by atomic mass is 31.2. The number of hydrogen-bond donors (Lipinski definition) is 2. The minimum absolute atomic E-state index is 0.398. The van der Waals surface area contributed by atoms with Crippen LogP contribution in [-0.4, -0.2) is 9.79 Å². The Balaban J connectivity index is 4.53. The number of phosphoric ester groups is 1. The second kappa shape index (κ2) is 7.88. The van der Waals surface area contributed by atoms with Crippen LogP contribution in [0.15, 0.2) is 11.3 Å². The average Bonchev–Trinajstić information content (AvgIpc) is 2.15. The lowest BCUT2D eigenvalue weighted by atomic mass is 10.0. The largest absolute Gasteiger partial charge is 0.524 e. The molecule has 2 N–H and O–H groups in total. The van der Waals surface area contributed by atoms with Gasteiger partial charge in [-0.05, 0) is 38.2 Å². The molecule has 0 aromatic rings. The Kier molecular flexibility index (Phi) is 7.73. The minimum Gasteiger partial charge on any atom is -0.409 e. The van der Waals surface area contributed by atoms with Crippen molar-refractivity contribution in [2.24, 2.45) is 0 Å². The van der Waals surface area contributed by atoms with Crippen molar-refractivity contribution in [3.63, 3.8) is 0 Å². The molecule has 0 aliphatic rings. The molecule has 0 aromatic carbocycles. The van der Waals surface area contributed by atoms with E-state index in [0.29, 0.717) is 5.76 Å². The molecule has 96 valence electrons. The van der Waals surface area contributed by atoms with Gasteiger partial charge in [0.15, 0.2) is 0 Å². The molecule has 4 nitrogen and oxygen atoms in total. The van der Waals surface area contributed by atoms with Gasteiger partial charge in [-0.15, -0.1) is 0 Å². The monoisotopic (exact) mass is 250 g/mol. The summed E-state index contributed by atoms with van der Waals surface area (Å²) in [5.41, 5.74) is 1.03. The van der Waals surface area contributed by atoms with Crippen LogP contribution < -0.4 is 0 Å². The second-order valence-corrected chi connectivity index (χ2v) is 5.11. The van der Waals surface area contributed by atoms with Gasteiger partial charge in [0.05, 0.1) is 0 Å². The van der Waals surface area contributed by atoms with E-state index in [1.165, 1.54) is 0 Å². The Labute approximate surface area is 98.0 Å². The minimum atomic E-state index is -4.40. The van der Waals surface area contributed by atoms with Gasteiger partial charge in [-0.1, -0.05) is 26.7 Å². The van der Waals surface area contributed by atoms with E-state index in [1.807, 2.05) is 0 Å². The maximum absolute atomic E-state index is 10.7. The van der Waals surface area contributed by atoms with E-state index in [2.05, 4.69) is 18.4 Å². The van der Waals surface area contributed by atoms with Crippen LogP contribution >= 0.6 is 7.82 Å². The molecular weight excluding hydrogens is 227 g/mol. The van der Waals surface area contributed by atoms with Crippen molar-refractivity contribution in [2.75, 3.05) is 0 Å². The van der Waals surface area contributed by atoms with E-state index in [9.17, 15) is 4.57 Å². The zero-order chi connectivity index (χ0) is 12.6. The number of hydrogen-bond acceptors (Lipinski definition) is 2. The predicted octanol–water partition coefficient (Wildman–Crippen LogP) is 3.75. The SMILES string of the molecule is CCCCC(CCCC)=C(C)OP(=O)(O)O. The van der Waals surface area contributed by atoms with E-state index in [1.54, 1.807) is 6.92 Å². The van der Waals surface area contributed by atoms with Crippen LogP contribution in [0.2, 0.25) is 0 Å². The zero-order valence-electron chi connectivity index (χ0n) is 10.4. The molecule has 16 heavy (non-hydrogen) atoms. The molecule has 0 unspecified atom stereocenters. The first-order valence-electron chi connectivity index (χ1n) is 5.84. The molecule has 0 rings (SSSR count). The Morgan fingerprint density at radius 1 is 1.12 bits per heavy atom. The lowest BCUT2D eigenvalue weighted by Crippen LogP contribution is -1.94. The van der Waals surface area contributed by atoms with E-state index in [0.717, 1.165) is 44.1 Å². The summed E-state index contributed by atoms with van der Waals surface area (Å²) >= 11 is 0. The molecule has 0 amide bonds. The van der Waals surface area contributed by atoms with Crippen molar-refractivity contribution < 1.29 is 18.9 Å². The van der Waals surface area contributed by atoms with Crippen LogP contribution in [0.4, 0.5) is 0 Å². The fourth-order valence-corrected chi connectivity index (χ4v) is 1.99. The van der Waals surface area contributed by atoms with Crippen molar-refractivity contribution in [1.82, 2.24) is 0 Å². The quantitative estimate of drug-likeness (QED) is 0.508. The zero-order valence-corrected chi connectivity index (χ0v) is 11.3. The summed E-state index contributed by atoms with van der Waals surface area (Å²) in [5, 5.41) is 0. The van der Waals surface area contributed by atoms with Gasteiger partial charge in [-0.25, -0.2) is 4.57 Å². The molecule has 0 saturated heterocycles. The van der Waals surface area contributed by atoms with Crippen LogP contribution in [0.25, 0.3) is 0 Å². The Hall–Kier alpha value is -0.310. The first-order chi connectivity index (χ1) is 7.40. The molecule has 0 saturated carbocycles. The molecule has 0 aliphatic carbocycles. The van der Waals surface area contributed by atoms with Gasteiger partial charge in [0, 0.05) is 0 Å². The first kappa shape index (κ1) is 15.7. The van der Waals surface area contributed by atoms with Crippen LogP contribution in [0, 0.1) is 0 Å². The standard InChI is InChI=1S/C11H23O4P/c1-4-6-8-11(9-7-5-2)10(3)15-16(12,13)14/h4-9H2,1-3H3,(H2,12,13,14). The Morgan fingerprint density at radius 2 is 1.56 bits per heavy atom. The summed E-state index contributed by atoms with van der Waals surface area (Å²) in [6, 6.07) is 0. The molecule has 0 spiro atoms. The molecule has 0 aliphatic heterocycles. The van der Waals surface area contributed by atoms with Crippen LogP contribution in [0.3, 0.4) is 0 Å². The van der Waals surface area contributed by atoms with Gasteiger partial charge in [0.2, 0.25) is 0 Å². The molecule has 0 radical (unpaired) electrons. The Morgan fingerprint density at radius 3 is 1.88 bits per heavy atom. The summed E-state index contributed by atoms with van der Waals surface area (Å²) in [6.45, 7) is 5.83. The molecular formula is C11H23O4P. The smallest absolute Gasteiger partial charge is 0.409 e. The third-order valence-electron chi connectivity index (χ3n) is 2.42. The van der Waals surface area contributed by atoms with Gasteiger partial charge < -0.3 is 4.52 Å². The topological polar surface area (TPSA) is 66.8 Å². The molecule has 0 fully saturated rings. The third-order valence-corrected chi connectivity index (χ3v) is 2.93. The summed E-state index contributed by atoms with van der Waals surface area (Å²) < 4.78 is 15.4. The molecule has 0 heterocycles. The average molecular weight is 250 g/mol. The lowest BCUT2D eigenvalue weighted by Gasteiger charge is -2.13. The van der Waals surface area contributed by atoms with E-state index in [-0.39, 0.29) is 0 Å². The molecule has 0 bridgehead atoms. The number of unbranched alkanes of at least 4 members (excludes halogenated alkanes) is 2. The van der Waals surface area contributed by atoms with Crippen molar-refractivity contribution in [3.8, 4) is 0 Å². The first-order valence-corrected chi connectivity index (χ1v) is 7.37. The molecule has 0 atom stereocenters. The summed E-state index contributed by atoms with van der Waals surface area (Å²) in [5.74, 6) is 0.398. The number of phosphoric acid groups is 1. The maximum atomic E-state index is 10.7. The highest BCUT2D eigenvalue weighted by molar-refractivity contribution is 7.46. The van der Waals surface area contributed by atoms with Gasteiger partial charge in [-0.3, -0.25) is 9.79 Å². The Bertz CT molecular complexity index is 257. The third kappa shape index (κ3) is 7.91. The van der Waals surface area contributed by atoms with E-state index < -0.39 is 7.82 Å². The molecule has 0 aromatic heterocycles. The van der Waals surface area contributed by atoms with Crippen molar-refractivity contribution in [1.29, 1.82) is 0 Å². The van der Waals surface area contributed by atoms with Gasteiger partial charge in [0.25, 0.3) is 0 Å². The van der Waals surface area contributed by atoms with Gasteiger partial charge >= 0.3 is 7.82 Å². The number of rotatable bonds is 8. The summed E-state index contributed by atoms with van der Waals surface area (Å²) in [4.78, 5) is 17.5. The molecule has 5 heteroatoms.